The van der Waals surface area contributed by atoms with Gasteiger partial charge in [0.2, 0.25) is 0 Å². The molecule has 1 aromatic heterocycles. The van der Waals surface area contributed by atoms with Gasteiger partial charge in [0.05, 0.1) is 5.69 Å². The number of nitrogens with one attached hydrogen (secondary N) is 1. The van der Waals surface area contributed by atoms with Crippen LogP contribution < -0.4 is 5.32 Å². The number of halogens is 1. The van der Waals surface area contributed by atoms with Gasteiger partial charge in [-0.3, -0.25) is 0 Å². The highest BCUT2D eigenvalue weighted by molar-refractivity contribution is 7.12. The number of thiazole rings is 1. The molecule has 2 nitrogen and oxygen atoms in total. The molecule has 94 valence electrons. The molecule has 0 spiro atoms. The number of rotatable bonds is 4. The fourth-order valence-electron chi connectivity index (χ4n) is 2.29. The van der Waals surface area contributed by atoms with Crippen LogP contribution >= 0.6 is 11.3 Å². The molecule has 3 rings (SSSR count). The molecule has 1 aliphatic rings. The van der Waals surface area contributed by atoms with Crippen molar-refractivity contribution in [3.05, 3.63) is 39.5 Å². The van der Waals surface area contributed by atoms with Crippen molar-refractivity contribution in [2.75, 3.05) is 6.54 Å². The number of benzene rings is 1. The van der Waals surface area contributed by atoms with E-state index in [1.165, 1.54) is 10.9 Å². The van der Waals surface area contributed by atoms with Gasteiger partial charge in [-0.25, -0.2) is 9.37 Å². The maximum Gasteiger partial charge on any atom is 0.123 e. The lowest BCUT2D eigenvalue weighted by atomic mass is 10.1. The third-order valence-corrected chi connectivity index (χ3v) is 4.17. The molecule has 0 fully saturated rings. The molecular weight excluding hydrogens is 247 g/mol. The summed E-state index contributed by atoms with van der Waals surface area (Å²) >= 11 is 1.74. The van der Waals surface area contributed by atoms with E-state index in [-0.39, 0.29) is 5.82 Å². The Morgan fingerprint density at radius 1 is 1.44 bits per heavy atom. The van der Waals surface area contributed by atoms with Crippen LogP contribution in [-0.4, -0.2) is 11.5 Å². The highest BCUT2D eigenvalue weighted by Crippen LogP contribution is 2.39. The molecule has 4 heteroatoms. The van der Waals surface area contributed by atoms with Crippen LogP contribution in [0.15, 0.2) is 18.2 Å². The quantitative estimate of drug-likeness (QED) is 0.729. The summed E-state index contributed by atoms with van der Waals surface area (Å²) in [5.74, 6) is -0.159. The van der Waals surface area contributed by atoms with Crippen molar-refractivity contribution in [2.45, 2.75) is 26.3 Å². The second-order valence-corrected chi connectivity index (χ2v) is 5.70. The van der Waals surface area contributed by atoms with Crippen molar-refractivity contribution < 1.29 is 4.39 Å². The normalized spacial score (nSPS) is 12.6. The molecule has 0 amide bonds. The van der Waals surface area contributed by atoms with Crippen LogP contribution in [0, 0.1) is 5.82 Å². The lowest BCUT2D eigenvalue weighted by Gasteiger charge is -2.00. The Morgan fingerprint density at radius 3 is 3.17 bits per heavy atom. The highest BCUT2D eigenvalue weighted by atomic mass is 32.1. The van der Waals surface area contributed by atoms with E-state index in [1.807, 2.05) is 6.07 Å². The molecule has 0 atom stereocenters. The second-order valence-electron chi connectivity index (χ2n) is 4.53. The van der Waals surface area contributed by atoms with Crippen molar-refractivity contribution in [3.8, 4) is 11.3 Å². The maximum atomic E-state index is 13.1. The minimum absolute atomic E-state index is 0.159. The standard InChI is InChI=1S/C14H15FN2S/c1-2-5-16-8-13-17-14-11-4-3-10(15)6-9(11)7-12(14)18-13/h3-4,6,16H,2,5,7-8H2,1H3. The summed E-state index contributed by atoms with van der Waals surface area (Å²) in [4.78, 5) is 5.93. The Hall–Kier alpha value is -1.26. The van der Waals surface area contributed by atoms with E-state index in [1.54, 1.807) is 17.4 Å². The molecule has 0 unspecified atom stereocenters. The van der Waals surface area contributed by atoms with Crippen LogP contribution in [-0.2, 0) is 13.0 Å². The van der Waals surface area contributed by atoms with Crippen LogP contribution in [0.25, 0.3) is 11.3 Å². The van der Waals surface area contributed by atoms with Gasteiger partial charge in [0.1, 0.15) is 10.8 Å². The van der Waals surface area contributed by atoms with E-state index in [0.717, 1.165) is 47.8 Å². The van der Waals surface area contributed by atoms with Crippen LogP contribution in [0.2, 0.25) is 0 Å². The lowest BCUT2D eigenvalue weighted by molar-refractivity contribution is 0.626. The van der Waals surface area contributed by atoms with E-state index < -0.39 is 0 Å². The molecule has 1 heterocycles. The molecule has 1 aliphatic carbocycles. The summed E-state index contributed by atoms with van der Waals surface area (Å²) in [5.41, 5.74) is 3.23. The van der Waals surface area contributed by atoms with Crippen molar-refractivity contribution in [1.82, 2.24) is 10.3 Å². The van der Waals surface area contributed by atoms with Gasteiger partial charge >= 0.3 is 0 Å². The molecule has 2 aromatic rings. The Bertz CT molecular complexity index is 577. The summed E-state index contributed by atoms with van der Waals surface area (Å²) in [7, 11) is 0. The van der Waals surface area contributed by atoms with E-state index in [2.05, 4.69) is 17.2 Å². The predicted octanol–water partition coefficient (Wildman–Crippen LogP) is 3.35. The van der Waals surface area contributed by atoms with Crippen LogP contribution in [0.5, 0.6) is 0 Å². The molecule has 0 aliphatic heterocycles. The van der Waals surface area contributed by atoms with Gasteiger partial charge in [0.15, 0.2) is 0 Å². The first-order valence-corrected chi connectivity index (χ1v) is 7.07. The summed E-state index contributed by atoms with van der Waals surface area (Å²) in [6, 6.07) is 4.99. The first-order valence-electron chi connectivity index (χ1n) is 6.26. The van der Waals surface area contributed by atoms with E-state index in [0.29, 0.717) is 0 Å². The zero-order valence-electron chi connectivity index (χ0n) is 10.3. The average molecular weight is 262 g/mol. The van der Waals surface area contributed by atoms with Crippen LogP contribution in [0.4, 0.5) is 4.39 Å². The lowest BCUT2D eigenvalue weighted by Crippen LogP contribution is -2.13. The topological polar surface area (TPSA) is 24.9 Å². The zero-order valence-corrected chi connectivity index (χ0v) is 11.1. The van der Waals surface area contributed by atoms with Gasteiger partial charge in [-0.1, -0.05) is 6.92 Å². The van der Waals surface area contributed by atoms with Gasteiger partial charge in [-0.15, -0.1) is 11.3 Å². The number of nitrogens with zero attached hydrogens (tertiary/aromatic N) is 1. The SMILES string of the molecule is CCCNCc1nc2c(s1)Cc1cc(F)ccc1-2. The number of fused-ring (bicyclic) bond motifs is 3. The van der Waals surface area contributed by atoms with E-state index in [9.17, 15) is 4.39 Å². The molecule has 0 saturated carbocycles. The Morgan fingerprint density at radius 2 is 2.33 bits per heavy atom. The maximum absolute atomic E-state index is 13.1. The minimum atomic E-state index is -0.159. The molecule has 0 radical (unpaired) electrons. The first kappa shape index (κ1) is 11.8. The first-order chi connectivity index (χ1) is 8.78. The van der Waals surface area contributed by atoms with Crippen LogP contribution in [0.3, 0.4) is 0 Å². The van der Waals surface area contributed by atoms with Crippen molar-refractivity contribution in [2.24, 2.45) is 0 Å². The fraction of sp³-hybridized carbons (Fsp3) is 0.357. The summed E-state index contributed by atoms with van der Waals surface area (Å²) in [6.45, 7) is 4.01. The van der Waals surface area contributed by atoms with Crippen LogP contribution in [0.1, 0.15) is 28.8 Å². The Kier molecular flexibility index (Phi) is 3.14. The third kappa shape index (κ3) is 2.06. The molecule has 0 saturated heterocycles. The number of hydrogen-bond acceptors (Lipinski definition) is 3. The second kappa shape index (κ2) is 4.78. The van der Waals surface area contributed by atoms with Gasteiger partial charge in [0.25, 0.3) is 0 Å². The van der Waals surface area contributed by atoms with Gasteiger partial charge in [-0.2, -0.15) is 0 Å². The largest absolute Gasteiger partial charge is 0.310 e. The summed E-state index contributed by atoms with van der Waals surface area (Å²) < 4.78 is 13.1. The molecule has 1 aromatic carbocycles. The van der Waals surface area contributed by atoms with Crippen molar-refractivity contribution in [3.63, 3.8) is 0 Å². The predicted molar refractivity (Wildman–Crippen MR) is 72.3 cm³/mol. The monoisotopic (exact) mass is 262 g/mol. The zero-order chi connectivity index (χ0) is 12.5. The van der Waals surface area contributed by atoms with E-state index in [4.69, 9.17) is 0 Å². The van der Waals surface area contributed by atoms with Gasteiger partial charge in [-0.05, 0) is 36.7 Å². The number of hydrogen-bond donors (Lipinski definition) is 1. The summed E-state index contributed by atoms with van der Waals surface area (Å²) in [6.07, 6.45) is 1.96. The number of aromatic nitrogens is 1. The molecule has 1 N–H and O–H groups in total. The van der Waals surface area contributed by atoms with Gasteiger partial charge < -0.3 is 5.32 Å². The third-order valence-electron chi connectivity index (χ3n) is 3.12. The Balaban J connectivity index is 1.84. The molecule has 0 bridgehead atoms. The average Bonchev–Trinajstić information content (AvgIpc) is 2.85. The van der Waals surface area contributed by atoms with Crippen molar-refractivity contribution in [1.29, 1.82) is 0 Å². The fourth-order valence-corrected chi connectivity index (χ4v) is 3.37. The molecular formula is C14H15FN2S. The minimum Gasteiger partial charge on any atom is -0.310 e. The smallest absolute Gasteiger partial charge is 0.123 e. The van der Waals surface area contributed by atoms with Gasteiger partial charge in [0, 0.05) is 23.4 Å². The van der Waals surface area contributed by atoms with Crippen molar-refractivity contribution >= 4 is 11.3 Å². The molecule has 18 heavy (non-hydrogen) atoms. The highest BCUT2D eigenvalue weighted by Gasteiger charge is 2.23. The van der Waals surface area contributed by atoms with E-state index >= 15 is 0 Å². The Labute approximate surface area is 110 Å². The summed E-state index contributed by atoms with van der Waals surface area (Å²) in [5, 5.41) is 4.49.